The molecule has 0 atom stereocenters. The lowest BCUT2D eigenvalue weighted by Gasteiger charge is -2.13. The lowest BCUT2D eigenvalue weighted by Crippen LogP contribution is -2.15. The highest BCUT2D eigenvalue weighted by Gasteiger charge is 2.21. The molecule has 0 saturated heterocycles. The van der Waals surface area contributed by atoms with Crippen LogP contribution in [0.2, 0.25) is 0 Å². The fraction of sp³-hybridized carbons (Fsp3) is 0.375. The third-order valence-corrected chi connectivity index (χ3v) is 6.64. The molecule has 0 spiro atoms. The van der Waals surface area contributed by atoms with Gasteiger partial charge >= 0.3 is 0 Å². The van der Waals surface area contributed by atoms with Gasteiger partial charge in [-0.15, -0.1) is 0 Å². The minimum atomic E-state index is -3.78. The average Bonchev–Trinajstić information content (AvgIpc) is 2.96. The standard InChI is InChI=1S/C24H31FN4O2S/c1-16(2)13-23-24(17(3)29(6)26-23)27-32(30,31)21-10-7-18(8-11-21)19-9-12-22(25)20(14-19)15-28(4)5/h7-12,14,16,27H,13,15H2,1-6H3. The van der Waals surface area contributed by atoms with Crippen LogP contribution in [0.5, 0.6) is 0 Å². The highest BCUT2D eigenvalue weighted by Crippen LogP contribution is 2.28. The predicted molar refractivity (Wildman–Crippen MR) is 127 cm³/mol. The van der Waals surface area contributed by atoms with Crippen LogP contribution in [0.3, 0.4) is 0 Å². The van der Waals surface area contributed by atoms with Crippen molar-refractivity contribution in [3.05, 3.63) is 65.2 Å². The first-order chi connectivity index (χ1) is 15.0. The summed E-state index contributed by atoms with van der Waals surface area (Å²) >= 11 is 0. The van der Waals surface area contributed by atoms with E-state index in [2.05, 4.69) is 23.7 Å². The van der Waals surface area contributed by atoms with E-state index in [1.54, 1.807) is 48.1 Å². The normalized spacial score (nSPS) is 12.0. The van der Waals surface area contributed by atoms with Gasteiger partial charge in [0.1, 0.15) is 5.82 Å². The van der Waals surface area contributed by atoms with Crippen molar-refractivity contribution in [3.63, 3.8) is 0 Å². The van der Waals surface area contributed by atoms with E-state index in [9.17, 15) is 12.8 Å². The Hall–Kier alpha value is -2.71. The maximum absolute atomic E-state index is 14.1. The maximum atomic E-state index is 14.1. The molecule has 6 nitrogen and oxygen atoms in total. The smallest absolute Gasteiger partial charge is 0.262 e. The van der Waals surface area contributed by atoms with Crippen LogP contribution in [-0.4, -0.2) is 37.2 Å². The third-order valence-electron chi connectivity index (χ3n) is 5.27. The number of hydrogen-bond donors (Lipinski definition) is 1. The second-order valence-electron chi connectivity index (χ2n) is 8.80. The second-order valence-corrected chi connectivity index (χ2v) is 10.5. The number of rotatable bonds is 8. The lowest BCUT2D eigenvalue weighted by molar-refractivity contribution is 0.392. The van der Waals surface area contributed by atoms with Gasteiger partial charge in [-0.1, -0.05) is 32.0 Å². The van der Waals surface area contributed by atoms with Crippen molar-refractivity contribution in [1.82, 2.24) is 14.7 Å². The second kappa shape index (κ2) is 9.42. The first-order valence-corrected chi connectivity index (χ1v) is 12.0. The molecular formula is C24H31FN4O2S. The summed E-state index contributed by atoms with van der Waals surface area (Å²) in [6.07, 6.45) is 0.679. The number of nitrogens with one attached hydrogen (secondary N) is 1. The molecule has 0 aliphatic rings. The molecule has 8 heteroatoms. The number of hydrogen-bond acceptors (Lipinski definition) is 4. The summed E-state index contributed by atoms with van der Waals surface area (Å²) in [5, 5.41) is 4.47. The van der Waals surface area contributed by atoms with Crippen molar-refractivity contribution in [3.8, 4) is 11.1 Å². The molecule has 32 heavy (non-hydrogen) atoms. The molecule has 0 aliphatic heterocycles. The molecule has 1 N–H and O–H groups in total. The minimum Gasteiger partial charge on any atom is -0.305 e. The summed E-state index contributed by atoms with van der Waals surface area (Å²) in [7, 11) is 1.79. The van der Waals surface area contributed by atoms with Crippen LogP contribution < -0.4 is 4.72 Å². The van der Waals surface area contributed by atoms with Crippen molar-refractivity contribution in [2.45, 2.75) is 38.6 Å². The number of anilines is 1. The first kappa shape index (κ1) is 23.9. The zero-order chi connectivity index (χ0) is 23.6. The molecule has 3 rings (SSSR count). The van der Waals surface area contributed by atoms with Crippen LogP contribution in [0, 0.1) is 18.7 Å². The molecule has 0 amide bonds. The van der Waals surface area contributed by atoms with Gasteiger partial charge in [0.25, 0.3) is 10.0 Å². The SMILES string of the molecule is Cc1c(NS(=O)(=O)c2ccc(-c3ccc(F)c(CN(C)C)c3)cc2)c(CC(C)C)nn1C. The van der Waals surface area contributed by atoms with Crippen molar-refractivity contribution in [2.24, 2.45) is 13.0 Å². The number of aryl methyl sites for hydroxylation is 1. The highest BCUT2D eigenvalue weighted by atomic mass is 32.2. The number of aromatic nitrogens is 2. The third kappa shape index (κ3) is 5.37. The molecule has 1 aromatic heterocycles. The van der Waals surface area contributed by atoms with Gasteiger partial charge in [-0.05, 0) is 68.8 Å². The van der Waals surface area contributed by atoms with Crippen molar-refractivity contribution < 1.29 is 12.8 Å². The molecule has 2 aromatic carbocycles. The Morgan fingerprint density at radius 1 is 1.09 bits per heavy atom. The van der Waals surface area contributed by atoms with Gasteiger partial charge in [-0.25, -0.2) is 12.8 Å². The summed E-state index contributed by atoms with van der Waals surface area (Å²) in [6.45, 7) is 6.47. The van der Waals surface area contributed by atoms with Gasteiger partial charge in [0.15, 0.2) is 0 Å². The van der Waals surface area contributed by atoms with Crippen molar-refractivity contribution in [2.75, 3.05) is 18.8 Å². The fourth-order valence-electron chi connectivity index (χ4n) is 3.58. The van der Waals surface area contributed by atoms with E-state index < -0.39 is 10.0 Å². The van der Waals surface area contributed by atoms with Crippen molar-refractivity contribution >= 4 is 15.7 Å². The van der Waals surface area contributed by atoms with E-state index in [1.165, 1.54) is 6.07 Å². The Balaban J connectivity index is 1.88. The average molecular weight is 459 g/mol. The molecular weight excluding hydrogens is 427 g/mol. The van der Waals surface area contributed by atoms with Gasteiger partial charge in [0.2, 0.25) is 0 Å². The van der Waals surface area contributed by atoms with Crippen LogP contribution in [0.25, 0.3) is 11.1 Å². The summed E-state index contributed by atoms with van der Waals surface area (Å²) in [4.78, 5) is 2.06. The van der Waals surface area contributed by atoms with E-state index in [0.717, 1.165) is 22.5 Å². The summed E-state index contributed by atoms with van der Waals surface area (Å²) in [5.74, 6) is 0.0924. The Labute approximate surface area is 190 Å². The van der Waals surface area contributed by atoms with Crippen LogP contribution >= 0.6 is 0 Å². The summed E-state index contributed by atoms with van der Waals surface area (Å²) in [5.41, 5.74) is 4.29. The van der Waals surface area contributed by atoms with E-state index in [1.807, 2.05) is 25.9 Å². The van der Waals surface area contributed by atoms with Crippen molar-refractivity contribution in [1.29, 1.82) is 0 Å². The van der Waals surface area contributed by atoms with Gasteiger partial charge in [0.05, 0.1) is 22.0 Å². The zero-order valence-electron chi connectivity index (χ0n) is 19.5. The molecule has 0 unspecified atom stereocenters. The molecule has 172 valence electrons. The number of benzene rings is 2. The quantitative estimate of drug-likeness (QED) is 0.536. The molecule has 0 aliphatic carbocycles. The van der Waals surface area contributed by atoms with Crippen LogP contribution in [0.1, 0.15) is 30.8 Å². The molecule has 0 saturated carbocycles. The highest BCUT2D eigenvalue weighted by molar-refractivity contribution is 7.92. The van der Waals surface area contributed by atoms with Gasteiger partial charge in [-0.2, -0.15) is 5.10 Å². The first-order valence-electron chi connectivity index (χ1n) is 10.6. The van der Waals surface area contributed by atoms with Crippen LogP contribution in [0.4, 0.5) is 10.1 Å². The Morgan fingerprint density at radius 2 is 1.72 bits per heavy atom. The van der Waals surface area contributed by atoms with Gasteiger partial charge in [-0.3, -0.25) is 9.40 Å². The molecule has 0 bridgehead atoms. The molecule has 0 fully saturated rings. The topological polar surface area (TPSA) is 67.2 Å². The summed E-state index contributed by atoms with van der Waals surface area (Å²) < 4.78 is 44.7. The predicted octanol–water partition coefficient (Wildman–Crippen LogP) is 4.60. The number of nitrogens with zero attached hydrogens (tertiary/aromatic N) is 3. The van der Waals surface area contributed by atoms with Crippen LogP contribution in [0.15, 0.2) is 47.4 Å². The largest absolute Gasteiger partial charge is 0.305 e. The van der Waals surface area contributed by atoms with E-state index in [4.69, 9.17) is 0 Å². The Kier molecular flexibility index (Phi) is 7.05. The van der Waals surface area contributed by atoms with Gasteiger partial charge in [0, 0.05) is 19.2 Å². The molecule has 3 aromatic rings. The minimum absolute atomic E-state index is 0.163. The molecule has 1 heterocycles. The van der Waals surface area contributed by atoms with E-state index in [-0.39, 0.29) is 10.7 Å². The van der Waals surface area contributed by atoms with Gasteiger partial charge < -0.3 is 4.90 Å². The lowest BCUT2D eigenvalue weighted by atomic mass is 10.0. The summed E-state index contributed by atoms with van der Waals surface area (Å²) in [6, 6.07) is 11.6. The van der Waals surface area contributed by atoms with E-state index in [0.29, 0.717) is 30.1 Å². The monoisotopic (exact) mass is 458 g/mol. The molecule has 0 radical (unpaired) electrons. The van der Waals surface area contributed by atoms with Crippen LogP contribution in [-0.2, 0) is 30.0 Å². The fourth-order valence-corrected chi connectivity index (χ4v) is 4.72. The Bertz CT molecular complexity index is 1200. The zero-order valence-corrected chi connectivity index (χ0v) is 20.3. The number of halogens is 1. The maximum Gasteiger partial charge on any atom is 0.262 e. The van der Waals surface area contributed by atoms with E-state index >= 15 is 0 Å². The Morgan fingerprint density at radius 3 is 2.31 bits per heavy atom. The number of sulfonamides is 1.